The molecule has 0 amide bonds. The molecule has 2 aromatic carbocycles. The third-order valence-electron chi connectivity index (χ3n) is 4.06. The van der Waals surface area contributed by atoms with Crippen LogP contribution < -0.4 is 10.7 Å². The van der Waals surface area contributed by atoms with Crippen molar-refractivity contribution in [3.05, 3.63) is 75.5 Å². The highest BCUT2D eigenvalue weighted by molar-refractivity contribution is 9.11. The molecule has 0 saturated heterocycles. The molecule has 0 aliphatic carbocycles. The van der Waals surface area contributed by atoms with E-state index in [9.17, 15) is 13.2 Å². The first kappa shape index (κ1) is 20.8. The lowest BCUT2D eigenvalue weighted by molar-refractivity contribution is 0.594. The summed E-state index contributed by atoms with van der Waals surface area (Å²) in [5, 5.41) is 6.31. The molecule has 28 heavy (non-hydrogen) atoms. The Balaban J connectivity index is 1.92. The summed E-state index contributed by atoms with van der Waals surface area (Å²) in [7, 11) is -3.72. The number of rotatable bonds is 7. The minimum atomic E-state index is -3.72. The van der Waals surface area contributed by atoms with Crippen LogP contribution >= 0.6 is 27.7 Å². The van der Waals surface area contributed by atoms with Crippen LogP contribution in [0.5, 0.6) is 0 Å². The van der Waals surface area contributed by atoms with Crippen LogP contribution in [0.25, 0.3) is 10.9 Å². The minimum Gasteiger partial charge on any atom is -0.287 e. The van der Waals surface area contributed by atoms with Crippen LogP contribution in [0.15, 0.2) is 74.4 Å². The molecule has 0 saturated carbocycles. The van der Waals surface area contributed by atoms with Crippen molar-refractivity contribution < 1.29 is 8.42 Å². The van der Waals surface area contributed by atoms with Gasteiger partial charge in [0.1, 0.15) is 0 Å². The van der Waals surface area contributed by atoms with Crippen molar-refractivity contribution in [1.29, 1.82) is 0 Å². The topological polar surface area (TPSA) is 95.0 Å². The Hall–Kier alpha value is -1.94. The number of thioether (sulfide) groups is 1. The molecule has 0 fully saturated rings. The second-order valence-electron chi connectivity index (χ2n) is 6.11. The number of nitrogens with zero attached hydrogens (tertiary/aromatic N) is 2. The van der Waals surface area contributed by atoms with Gasteiger partial charge in [-0.3, -0.25) is 9.36 Å². The van der Waals surface area contributed by atoms with Gasteiger partial charge >= 0.3 is 0 Å². The Morgan fingerprint density at radius 1 is 1.18 bits per heavy atom. The van der Waals surface area contributed by atoms with Crippen LogP contribution in [0.1, 0.15) is 5.56 Å². The number of fused-ring (bicyclic) bond motifs is 1. The molecule has 1 aromatic heterocycles. The van der Waals surface area contributed by atoms with E-state index in [0.29, 0.717) is 34.8 Å². The normalized spacial score (nSPS) is 11.6. The zero-order valence-corrected chi connectivity index (χ0v) is 18.1. The predicted octanol–water partition coefficient (Wildman–Crippen LogP) is 3.29. The van der Waals surface area contributed by atoms with Crippen molar-refractivity contribution in [1.82, 2.24) is 9.55 Å². The Morgan fingerprint density at radius 3 is 2.50 bits per heavy atom. The number of aromatic nitrogens is 2. The van der Waals surface area contributed by atoms with Crippen molar-refractivity contribution in [3.63, 3.8) is 0 Å². The number of hydrogen-bond acceptors (Lipinski definition) is 5. The highest BCUT2D eigenvalue weighted by Gasteiger charge is 2.12. The van der Waals surface area contributed by atoms with Crippen LogP contribution in [-0.4, -0.2) is 23.7 Å². The molecule has 0 aliphatic rings. The van der Waals surface area contributed by atoms with Crippen molar-refractivity contribution in [2.45, 2.75) is 23.0 Å². The third-order valence-corrected chi connectivity index (χ3v) is 6.70. The summed E-state index contributed by atoms with van der Waals surface area (Å²) in [5.74, 6) is 0.591. The molecule has 0 unspecified atom stereocenters. The highest BCUT2D eigenvalue weighted by Crippen LogP contribution is 2.22. The number of halogens is 1. The lowest BCUT2D eigenvalue weighted by Gasteiger charge is -2.13. The predicted molar refractivity (Wildman–Crippen MR) is 116 cm³/mol. The maximum atomic E-state index is 13.0. The number of hydrogen-bond donors (Lipinski definition) is 1. The van der Waals surface area contributed by atoms with Crippen LogP contribution in [0, 0.1) is 0 Å². The molecule has 146 valence electrons. The number of sulfonamides is 1. The first-order valence-electron chi connectivity index (χ1n) is 8.33. The number of para-hydroxylation sites is 1. The molecule has 3 aromatic rings. The molecular weight excluding hydrogens is 462 g/mol. The van der Waals surface area contributed by atoms with Crippen molar-refractivity contribution in [2.24, 2.45) is 5.14 Å². The van der Waals surface area contributed by atoms with Gasteiger partial charge in [-0.15, -0.1) is 0 Å². The number of aryl methyl sites for hydroxylation is 1. The molecule has 9 heteroatoms. The summed E-state index contributed by atoms with van der Waals surface area (Å²) in [6.07, 6.45) is 0.549. The summed E-state index contributed by atoms with van der Waals surface area (Å²) in [5.41, 5.74) is 1.45. The summed E-state index contributed by atoms with van der Waals surface area (Å²) in [6.45, 7) is 4.25. The van der Waals surface area contributed by atoms with Crippen molar-refractivity contribution in [2.75, 3.05) is 5.75 Å². The van der Waals surface area contributed by atoms with Crippen molar-refractivity contribution in [3.8, 4) is 0 Å². The third kappa shape index (κ3) is 4.91. The van der Waals surface area contributed by atoms with Gasteiger partial charge in [0, 0.05) is 12.3 Å². The molecule has 6 nitrogen and oxygen atoms in total. The van der Waals surface area contributed by atoms with Crippen LogP contribution in [0.4, 0.5) is 0 Å². The van der Waals surface area contributed by atoms with E-state index in [-0.39, 0.29) is 10.5 Å². The zero-order valence-electron chi connectivity index (χ0n) is 14.8. The highest BCUT2D eigenvalue weighted by atomic mass is 79.9. The minimum absolute atomic E-state index is 0.0628. The molecule has 3 rings (SSSR count). The van der Waals surface area contributed by atoms with Gasteiger partial charge in [-0.05, 0) is 40.7 Å². The molecule has 0 spiro atoms. The van der Waals surface area contributed by atoms with Gasteiger partial charge in [0.05, 0.1) is 15.8 Å². The zero-order chi connectivity index (χ0) is 20.3. The Bertz CT molecular complexity index is 1190. The summed E-state index contributed by atoms with van der Waals surface area (Å²) in [4.78, 5) is 17.7. The van der Waals surface area contributed by atoms with Crippen LogP contribution in [0.2, 0.25) is 0 Å². The van der Waals surface area contributed by atoms with Gasteiger partial charge in [-0.25, -0.2) is 18.5 Å². The Labute approximate surface area is 175 Å². The number of primary sulfonamides is 1. The van der Waals surface area contributed by atoms with Gasteiger partial charge in [-0.1, -0.05) is 58.5 Å². The lowest BCUT2D eigenvalue weighted by Crippen LogP contribution is -2.24. The van der Waals surface area contributed by atoms with Gasteiger partial charge < -0.3 is 0 Å². The van der Waals surface area contributed by atoms with E-state index in [4.69, 9.17) is 5.14 Å². The Kier molecular flexibility index (Phi) is 6.39. The average molecular weight is 480 g/mol. The van der Waals surface area contributed by atoms with E-state index in [1.165, 1.54) is 23.9 Å². The molecule has 0 radical (unpaired) electrons. The lowest BCUT2D eigenvalue weighted by atomic mass is 10.1. The van der Waals surface area contributed by atoms with E-state index in [1.807, 2.05) is 18.2 Å². The first-order chi connectivity index (χ1) is 13.3. The fourth-order valence-corrected chi connectivity index (χ4v) is 4.32. The van der Waals surface area contributed by atoms with E-state index < -0.39 is 10.0 Å². The Morgan fingerprint density at radius 2 is 1.86 bits per heavy atom. The molecule has 2 N–H and O–H groups in total. The number of benzene rings is 2. The monoisotopic (exact) mass is 479 g/mol. The SMILES string of the molecule is C=C(Br)CSc1nc2ccccc2c(=O)n1CCc1ccc(S(N)(=O)=O)cc1. The molecule has 0 bridgehead atoms. The van der Waals surface area contributed by atoms with Gasteiger partial charge in [0.2, 0.25) is 10.0 Å². The van der Waals surface area contributed by atoms with Gasteiger partial charge in [-0.2, -0.15) is 0 Å². The van der Waals surface area contributed by atoms with Gasteiger partial charge in [0.25, 0.3) is 5.56 Å². The fraction of sp³-hybridized carbons (Fsp3) is 0.158. The van der Waals surface area contributed by atoms with E-state index in [1.54, 1.807) is 22.8 Å². The fourth-order valence-electron chi connectivity index (χ4n) is 2.68. The first-order valence-corrected chi connectivity index (χ1v) is 11.7. The summed E-state index contributed by atoms with van der Waals surface area (Å²) in [6, 6.07) is 13.6. The quantitative estimate of drug-likeness (QED) is 0.414. The summed E-state index contributed by atoms with van der Waals surface area (Å²) < 4.78 is 25.2. The second-order valence-corrected chi connectivity index (χ2v) is 9.74. The van der Waals surface area contributed by atoms with Crippen LogP contribution in [-0.2, 0) is 23.0 Å². The number of nitrogens with two attached hydrogens (primary N) is 1. The standard InChI is InChI=1S/C19H18BrN3O3S2/c1-13(20)12-27-19-22-17-5-3-2-4-16(17)18(24)23(19)11-10-14-6-8-15(9-7-14)28(21,25)26/h2-9H,1,10-12H2,(H2,21,25,26). The molecular formula is C19H18BrN3O3S2. The smallest absolute Gasteiger partial charge is 0.262 e. The maximum absolute atomic E-state index is 13.0. The molecule has 0 atom stereocenters. The molecule has 1 heterocycles. The van der Waals surface area contributed by atoms with E-state index >= 15 is 0 Å². The summed E-state index contributed by atoms with van der Waals surface area (Å²) >= 11 is 4.77. The molecule has 0 aliphatic heterocycles. The van der Waals surface area contributed by atoms with Crippen LogP contribution in [0.3, 0.4) is 0 Å². The van der Waals surface area contributed by atoms with Gasteiger partial charge in [0.15, 0.2) is 5.16 Å². The van der Waals surface area contributed by atoms with E-state index in [2.05, 4.69) is 27.5 Å². The maximum Gasteiger partial charge on any atom is 0.262 e. The second kappa shape index (κ2) is 8.60. The average Bonchev–Trinajstić information content (AvgIpc) is 2.65. The largest absolute Gasteiger partial charge is 0.287 e. The van der Waals surface area contributed by atoms with E-state index in [0.717, 1.165) is 10.0 Å². The van der Waals surface area contributed by atoms with Crippen molar-refractivity contribution >= 4 is 48.6 Å².